The van der Waals surface area contributed by atoms with Gasteiger partial charge < -0.3 is 4.74 Å². The largest absolute Gasteiger partial charge is 0.478 e. The van der Waals surface area contributed by atoms with Crippen LogP contribution in [0.2, 0.25) is 0 Å². The minimum absolute atomic E-state index is 0.132. The van der Waals surface area contributed by atoms with E-state index < -0.39 is 18.1 Å². The molecule has 1 aromatic rings. The molecule has 4 rings (SSSR count). The first kappa shape index (κ1) is 22.0. The lowest BCUT2D eigenvalue weighted by Gasteiger charge is -2.38. The van der Waals surface area contributed by atoms with E-state index in [1.54, 1.807) is 0 Å². The van der Waals surface area contributed by atoms with Gasteiger partial charge in [-0.1, -0.05) is 38.7 Å². The molecular formula is C25H34F4O. The second-order valence-electron chi connectivity index (χ2n) is 9.86. The monoisotopic (exact) mass is 426 g/mol. The SMILES string of the molecule is CCCC1CCC(C2CCC(c3cc(F)c4c(c3)CCC(C(F)(F)F)O4)CC2)CC1. The molecule has 30 heavy (non-hydrogen) atoms. The fraction of sp³-hybridized carbons (Fsp3) is 0.760. The summed E-state index contributed by atoms with van der Waals surface area (Å²) in [6, 6.07) is 3.34. The third kappa shape index (κ3) is 4.80. The Morgan fingerprint density at radius 2 is 1.53 bits per heavy atom. The predicted octanol–water partition coefficient (Wildman–Crippen LogP) is 7.96. The van der Waals surface area contributed by atoms with Gasteiger partial charge in [0.25, 0.3) is 0 Å². The average molecular weight is 427 g/mol. The Morgan fingerprint density at radius 3 is 2.13 bits per heavy atom. The number of rotatable bonds is 4. The fourth-order valence-electron chi connectivity index (χ4n) is 6.23. The maximum atomic E-state index is 14.6. The molecule has 1 nitrogen and oxygen atoms in total. The van der Waals surface area contributed by atoms with E-state index in [0.717, 1.165) is 36.2 Å². The molecule has 168 valence electrons. The smallest absolute Gasteiger partial charge is 0.425 e. The summed E-state index contributed by atoms with van der Waals surface area (Å²) in [5.74, 6) is 2.07. The second-order valence-corrected chi connectivity index (χ2v) is 9.86. The molecule has 2 fully saturated rings. The van der Waals surface area contributed by atoms with Crippen LogP contribution in [0.1, 0.15) is 94.6 Å². The number of fused-ring (bicyclic) bond motifs is 1. The van der Waals surface area contributed by atoms with Gasteiger partial charge in [0.15, 0.2) is 17.7 Å². The van der Waals surface area contributed by atoms with E-state index in [1.807, 2.05) is 6.07 Å². The van der Waals surface area contributed by atoms with Gasteiger partial charge in [-0.2, -0.15) is 13.2 Å². The normalized spacial score (nSPS) is 32.4. The Kier molecular flexibility index (Phi) is 6.64. The molecule has 0 spiro atoms. The average Bonchev–Trinajstić information content (AvgIpc) is 2.74. The number of benzene rings is 1. The summed E-state index contributed by atoms with van der Waals surface area (Å²) < 4.78 is 58.4. The molecule has 0 aromatic heterocycles. The first-order valence-corrected chi connectivity index (χ1v) is 11.9. The summed E-state index contributed by atoms with van der Waals surface area (Å²) in [6.07, 6.45) is 6.41. The van der Waals surface area contributed by atoms with Gasteiger partial charge in [0, 0.05) is 0 Å². The van der Waals surface area contributed by atoms with Crippen molar-refractivity contribution in [3.8, 4) is 5.75 Å². The van der Waals surface area contributed by atoms with Gasteiger partial charge in [-0.25, -0.2) is 4.39 Å². The minimum atomic E-state index is -4.45. The van der Waals surface area contributed by atoms with E-state index in [9.17, 15) is 17.6 Å². The molecular weight excluding hydrogens is 392 g/mol. The highest BCUT2D eigenvalue weighted by Gasteiger charge is 2.44. The van der Waals surface area contributed by atoms with Crippen LogP contribution in [0.5, 0.6) is 5.75 Å². The Hall–Kier alpha value is -1.26. The van der Waals surface area contributed by atoms with Gasteiger partial charge >= 0.3 is 6.18 Å². The van der Waals surface area contributed by atoms with E-state index in [-0.39, 0.29) is 18.6 Å². The molecule has 1 unspecified atom stereocenters. The molecule has 1 atom stereocenters. The van der Waals surface area contributed by atoms with Crippen LogP contribution in [0.4, 0.5) is 17.6 Å². The lowest BCUT2D eigenvalue weighted by molar-refractivity contribution is -0.199. The molecule has 0 amide bonds. The second kappa shape index (κ2) is 9.08. The van der Waals surface area contributed by atoms with Gasteiger partial charge in [-0.05, 0) is 92.2 Å². The van der Waals surface area contributed by atoms with E-state index in [2.05, 4.69) is 6.92 Å². The molecule has 0 radical (unpaired) electrons. The molecule has 3 aliphatic rings. The van der Waals surface area contributed by atoms with Crippen molar-refractivity contribution in [2.24, 2.45) is 17.8 Å². The van der Waals surface area contributed by atoms with Crippen LogP contribution >= 0.6 is 0 Å². The Bertz CT molecular complexity index is 713. The zero-order valence-electron chi connectivity index (χ0n) is 17.9. The van der Waals surface area contributed by atoms with Crippen LogP contribution in [0.15, 0.2) is 12.1 Å². The van der Waals surface area contributed by atoms with Crippen LogP contribution in [-0.4, -0.2) is 12.3 Å². The van der Waals surface area contributed by atoms with Gasteiger partial charge in [0.2, 0.25) is 0 Å². The number of alkyl halides is 3. The quantitative estimate of drug-likeness (QED) is 0.444. The van der Waals surface area contributed by atoms with E-state index in [0.29, 0.717) is 11.5 Å². The number of hydrogen-bond donors (Lipinski definition) is 0. The molecule has 0 bridgehead atoms. The van der Waals surface area contributed by atoms with Crippen molar-refractivity contribution in [2.45, 2.75) is 102 Å². The molecule has 0 N–H and O–H groups in total. The van der Waals surface area contributed by atoms with Crippen LogP contribution in [0.3, 0.4) is 0 Å². The molecule has 2 aliphatic carbocycles. The summed E-state index contributed by atoms with van der Waals surface area (Å²) in [5, 5.41) is 0. The summed E-state index contributed by atoms with van der Waals surface area (Å²) in [7, 11) is 0. The Balaban J connectivity index is 1.35. The van der Waals surface area contributed by atoms with Crippen LogP contribution in [-0.2, 0) is 6.42 Å². The third-order valence-corrected chi connectivity index (χ3v) is 7.94. The van der Waals surface area contributed by atoms with Crippen molar-refractivity contribution < 1.29 is 22.3 Å². The fourth-order valence-corrected chi connectivity index (χ4v) is 6.23. The summed E-state index contributed by atoms with van der Waals surface area (Å²) >= 11 is 0. The molecule has 1 aliphatic heterocycles. The summed E-state index contributed by atoms with van der Waals surface area (Å²) in [4.78, 5) is 0. The van der Waals surface area contributed by atoms with Crippen LogP contribution < -0.4 is 4.74 Å². The first-order chi connectivity index (χ1) is 14.3. The number of halogens is 4. The number of ether oxygens (including phenoxy) is 1. The third-order valence-electron chi connectivity index (χ3n) is 7.94. The lowest BCUT2D eigenvalue weighted by atomic mass is 9.68. The van der Waals surface area contributed by atoms with Crippen molar-refractivity contribution in [1.29, 1.82) is 0 Å². The van der Waals surface area contributed by atoms with Gasteiger partial charge in [0.05, 0.1) is 0 Å². The van der Waals surface area contributed by atoms with Gasteiger partial charge in [0.1, 0.15) is 0 Å². The van der Waals surface area contributed by atoms with Crippen molar-refractivity contribution in [3.05, 3.63) is 29.1 Å². The maximum absolute atomic E-state index is 14.6. The minimum Gasteiger partial charge on any atom is -0.478 e. The Morgan fingerprint density at radius 1 is 0.900 bits per heavy atom. The number of aryl methyl sites for hydroxylation is 1. The van der Waals surface area contributed by atoms with Crippen molar-refractivity contribution >= 4 is 0 Å². The van der Waals surface area contributed by atoms with Crippen LogP contribution in [0, 0.1) is 23.6 Å². The molecule has 1 heterocycles. The van der Waals surface area contributed by atoms with Gasteiger partial charge in [-0.3, -0.25) is 0 Å². The standard InChI is InChI=1S/C25H34F4O/c1-2-3-16-4-6-17(7-5-16)18-8-10-19(11-9-18)21-14-20-12-13-23(25(27,28)29)30-24(20)22(26)15-21/h14-19,23H,2-13H2,1H3. The zero-order valence-corrected chi connectivity index (χ0v) is 17.9. The lowest BCUT2D eigenvalue weighted by Crippen LogP contribution is -2.37. The van der Waals surface area contributed by atoms with Crippen molar-refractivity contribution in [2.75, 3.05) is 0 Å². The number of hydrogen-bond acceptors (Lipinski definition) is 1. The topological polar surface area (TPSA) is 9.23 Å². The highest BCUT2D eigenvalue weighted by molar-refractivity contribution is 5.42. The maximum Gasteiger partial charge on any atom is 0.425 e. The highest BCUT2D eigenvalue weighted by Crippen LogP contribution is 2.46. The summed E-state index contributed by atoms with van der Waals surface area (Å²) in [5.41, 5.74) is 1.55. The van der Waals surface area contributed by atoms with E-state index >= 15 is 0 Å². The highest BCUT2D eigenvalue weighted by atomic mass is 19.4. The zero-order chi connectivity index (χ0) is 21.3. The molecule has 0 saturated heterocycles. The molecule has 1 aromatic carbocycles. The molecule has 5 heteroatoms. The first-order valence-electron chi connectivity index (χ1n) is 11.9. The van der Waals surface area contributed by atoms with Crippen molar-refractivity contribution in [1.82, 2.24) is 0 Å². The molecule has 2 saturated carbocycles. The van der Waals surface area contributed by atoms with Crippen molar-refractivity contribution in [3.63, 3.8) is 0 Å². The van der Waals surface area contributed by atoms with Gasteiger partial charge in [-0.15, -0.1) is 0 Å². The summed E-state index contributed by atoms with van der Waals surface area (Å²) in [6.45, 7) is 2.28. The Labute approximate surface area is 177 Å². The van der Waals surface area contributed by atoms with E-state index in [1.165, 1.54) is 57.4 Å². The van der Waals surface area contributed by atoms with E-state index in [4.69, 9.17) is 4.74 Å². The van der Waals surface area contributed by atoms with Crippen LogP contribution in [0.25, 0.3) is 0 Å². The predicted molar refractivity (Wildman–Crippen MR) is 110 cm³/mol.